The molecule has 2 aliphatic heterocycles. The molecule has 2 unspecified atom stereocenters. The molecule has 4 aliphatic rings. The summed E-state index contributed by atoms with van der Waals surface area (Å²) < 4.78 is 39.6. The number of piperidine rings is 1. The third kappa shape index (κ3) is 8.31. The Hall–Kier alpha value is -4.37. The fourth-order valence-corrected chi connectivity index (χ4v) is 7.73. The Kier molecular flexibility index (Phi) is 10.9. The van der Waals surface area contributed by atoms with Gasteiger partial charge in [0.25, 0.3) is 0 Å². The van der Waals surface area contributed by atoms with Crippen molar-refractivity contribution >= 4 is 30.2 Å². The molecule has 298 valence electrons. The van der Waals surface area contributed by atoms with Gasteiger partial charge in [0.15, 0.2) is 23.7 Å². The molecule has 1 saturated heterocycles. The molecule has 1 spiro atoms. The molecule has 2 bridgehead atoms. The molecular formula is C39H54N2O13. The van der Waals surface area contributed by atoms with Crippen LogP contribution < -0.4 is 14.8 Å². The SMILES string of the molecule is CC(OC(=O)C(CCC(=O)OC(C)(C)C)NC(=O)OC(C)(C)C)C(=O)OC1=CC[C@@]2(O)[C@H]3Cc4ccc(OC(=O)OC(C)(C)C)c5c4[C@@]2(CCN3C)[C@H]1O5. The highest BCUT2D eigenvalue weighted by molar-refractivity contribution is 5.85. The number of likely N-dealkylation sites (tertiary alicyclic amines) is 1. The lowest BCUT2D eigenvalue weighted by atomic mass is 9.50. The summed E-state index contributed by atoms with van der Waals surface area (Å²) in [5, 5.41) is 15.0. The van der Waals surface area contributed by atoms with Crippen molar-refractivity contribution in [2.24, 2.45) is 0 Å². The van der Waals surface area contributed by atoms with Crippen LogP contribution in [0.3, 0.4) is 0 Å². The van der Waals surface area contributed by atoms with E-state index in [-0.39, 0.29) is 42.6 Å². The van der Waals surface area contributed by atoms with Crippen molar-refractivity contribution in [2.75, 3.05) is 13.6 Å². The van der Waals surface area contributed by atoms with Gasteiger partial charge in [-0.15, -0.1) is 0 Å². The number of aliphatic hydroxyl groups is 1. The Bertz CT molecular complexity index is 1720. The summed E-state index contributed by atoms with van der Waals surface area (Å²) in [4.78, 5) is 67.0. The van der Waals surface area contributed by atoms with Crippen molar-refractivity contribution in [2.45, 2.75) is 153 Å². The van der Waals surface area contributed by atoms with Gasteiger partial charge in [0.05, 0.1) is 11.0 Å². The first-order chi connectivity index (χ1) is 24.8. The van der Waals surface area contributed by atoms with Gasteiger partial charge >= 0.3 is 30.2 Å². The quantitative estimate of drug-likeness (QED) is 0.199. The Labute approximate surface area is 315 Å². The van der Waals surface area contributed by atoms with Gasteiger partial charge in [0.2, 0.25) is 0 Å². The van der Waals surface area contributed by atoms with Crippen molar-refractivity contribution < 1.29 is 62.2 Å². The van der Waals surface area contributed by atoms with Gasteiger partial charge in [-0.05, 0) is 120 Å². The van der Waals surface area contributed by atoms with Crippen LogP contribution in [0.15, 0.2) is 24.0 Å². The molecule has 1 fully saturated rings. The van der Waals surface area contributed by atoms with E-state index in [1.54, 1.807) is 74.5 Å². The summed E-state index contributed by atoms with van der Waals surface area (Å²) in [5.41, 5.74) is -3.23. The number of esters is 3. The van der Waals surface area contributed by atoms with E-state index in [1.165, 1.54) is 6.92 Å². The van der Waals surface area contributed by atoms with E-state index >= 15 is 0 Å². The topological polar surface area (TPSA) is 185 Å². The van der Waals surface area contributed by atoms with Crippen LogP contribution in [0.25, 0.3) is 0 Å². The van der Waals surface area contributed by atoms with Crippen LogP contribution in [-0.4, -0.2) is 100 Å². The third-order valence-electron chi connectivity index (χ3n) is 9.80. The number of hydrogen-bond acceptors (Lipinski definition) is 14. The maximum absolute atomic E-state index is 13.6. The zero-order valence-electron chi connectivity index (χ0n) is 33.1. The summed E-state index contributed by atoms with van der Waals surface area (Å²) in [6.45, 7) is 17.1. The van der Waals surface area contributed by atoms with Crippen LogP contribution in [0.1, 0.15) is 106 Å². The molecule has 0 saturated carbocycles. The first kappa shape index (κ1) is 40.8. The van der Waals surface area contributed by atoms with Gasteiger partial charge in [0.1, 0.15) is 28.6 Å². The smallest absolute Gasteiger partial charge is 0.477 e. The minimum atomic E-state index is -1.47. The molecule has 1 aromatic rings. The van der Waals surface area contributed by atoms with Crippen molar-refractivity contribution in [3.63, 3.8) is 0 Å². The van der Waals surface area contributed by atoms with E-state index in [1.807, 2.05) is 13.1 Å². The first-order valence-electron chi connectivity index (χ1n) is 18.3. The van der Waals surface area contributed by atoms with E-state index in [4.69, 9.17) is 33.2 Å². The van der Waals surface area contributed by atoms with Crippen LogP contribution in [0.4, 0.5) is 9.59 Å². The second-order valence-corrected chi connectivity index (χ2v) is 17.5. The zero-order valence-corrected chi connectivity index (χ0v) is 33.1. The number of ether oxygens (including phenoxy) is 7. The Balaban J connectivity index is 1.36. The molecular weight excluding hydrogens is 704 g/mol. The zero-order chi connectivity index (χ0) is 40.2. The number of alkyl carbamates (subject to hydrolysis) is 1. The highest BCUT2D eigenvalue weighted by atomic mass is 16.7. The average Bonchev–Trinajstić information content (AvgIpc) is 3.36. The molecule has 0 radical (unpaired) electrons. The first-order valence-corrected chi connectivity index (χ1v) is 18.3. The van der Waals surface area contributed by atoms with Gasteiger partial charge < -0.3 is 48.5 Å². The maximum atomic E-state index is 13.6. The Morgan fingerprint density at radius 1 is 0.944 bits per heavy atom. The molecule has 54 heavy (non-hydrogen) atoms. The van der Waals surface area contributed by atoms with E-state index < -0.39 is 76.2 Å². The van der Waals surface area contributed by atoms with Gasteiger partial charge in [-0.2, -0.15) is 0 Å². The number of nitrogens with zero attached hydrogens (tertiary/aromatic N) is 1. The second kappa shape index (κ2) is 14.4. The molecule has 15 heteroatoms. The van der Waals surface area contributed by atoms with E-state index in [0.717, 1.165) is 5.56 Å². The lowest BCUT2D eigenvalue weighted by Crippen LogP contribution is -2.74. The largest absolute Gasteiger partial charge is 0.514 e. The summed E-state index contributed by atoms with van der Waals surface area (Å²) >= 11 is 0. The second-order valence-electron chi connectivity index (χ2n) is 17.5. The van der Waals surface area contributed by atoms with Crippen LogP contribution in [0.5, 0.6) is 11.5 Å². The summed E-state index contributed by atoms with van der Waals surface area (Å²) in [6, 6.07) is 1.84. The van der Waals surface area contributed by atoms with Crippen LogP contribution in [-0.2, 0) is 49.9 Å². The minimum absolute atomic E-state index is 0.106. The Morgan fingerprint density at radius 2 is 1.59 bits per heavy atom. The predicted octanol–water partition coefficient (Wildman–Crippen LogP) is 4.77. The van der Waals surface area contributed by atoms with E-state index in [0.29, 0.717) is 24.9 Å². The molecule has 0 aromatic heterocycles. The van der Waals surface area contributed by atoms with Crippen LogP contribution in [0.2, 0.25) is 0 Å². The molecule has 1 amide bonds. The number of benzene rings is 1. The Morgan fingerprint density at radius 3 is 2.22 bits per heavy atom. The number of likely N-dealkylation sites (N-methyl/N-ethyl adjacent to an activating group) is 1. The van der Waals surface area contributed by atoms with Gasteiger partial charge in [-0.25, -0.2) is 19.2 Å². The van der Waals surface area contributed by atoms with Crippen molar-refractivity contribution in [3.8, 4) is 11.5 Å². The number of amides is 1. The van der Waals surface area contributed by atoms with Crippen molar-refractivity contribution in [3.05, 3.63) is 35.1 Å². The molecule has 6 atom stereocenters. The fraction of sp³-hybridized carbons (Fsp3) is 0.667. The molecule has 2 aliphatic carbocycles. The molecule has 1 aromatic carbocycles. The normalized spacial score (nSPS) is 25.4. The summed E-state index contributed by atoms with van der Waals surface area (Å²) in [5.74, 6) is -2.06. The van der Waals surface area contributed by atoms with Crippen LogP contribution in [0, 0.1) is 0 Å². The molecule has 2 N–H and O–H groups in total. The highest BCUT2D eigenvalue weighted by Crippen LogP contribution is 2.65. The summed E-state index contributed by atoms with van der Waals surface area (Å²) in [6.07, 6.45) is -2.04. The minimum Gasteiger partial charge on any atom is -0.477 e. The summed E-state index contributed by atoms with van der Waals surface area (Å²) in [7, 11) is 1.96. The van der Waals surface area contributed by atoms with Gasteiger partial charge in [0, 0.05) is 24.4 Å². The van der Waals surface area contributed by atoms with E-state index in [2.05, 4.69) is 10.2 Å². The lowest BCUT2D eigenvalue weighted by molar-refractivity contribution is -0.176. The maximum Gasteiger partial charge on any atom is 0.514 e. The van der Waals surface area contributed by atoms with Crippen molar-refractivity contribution in [1.29, 1.82) is 0 Å². The highest BCUT2D eigenvalue weighted by Gasteiger charge is 2.72. The number of rotatable bonds is 9. The fourth-order valence-electron chi connectivity index (χ4n) is 7.73. The molecule has 2 heterocycles. The van der Waals surface area contributed by atoms with E-state index in [9.17, 15) is 29.1 Å². The monoisotopic (exact) mass is 758 g/mol. The number of hydrogen-bond donors (Lipinski definition) is 2. The average molecular weight is 759 g/mol. The third-order valence-corrected chi connectivity index (χ3v) is 9.80. The van der Waals surface area contributed by atoms with Gasteiger partial charge in [-0.1, -0.05) is 6.07 Å². The van der Waals surface area contributed by atoms with Crippen LogP contribution >= 0.6 is 0 Å². The number of carbonyl (C=O) groups is 5. The molecule has 5 rings (SSSR count). The number of nitrogens with one attached hydrogen (secondary N) is 1. The molecule has 15 nitrogen and oxygen atoms in total. The lowest BCUT2D eigenvalue weighted by Gasteiger charge is -2.61. The predicted molar refractivity (Wildman–Crippen MR) is 192 cm³/mol. The standard InChI is InChI=1S/C39H54N2O13/c1-21(48-32(44)23(40-33(45)53-36(5,6)7)13-15-27(42)52-35(2,3)4)31(43)49-25-16-17-39(47)26-20-22-12-14-24(50-34(46)54-37(8,9)10)29-28(22)38(39,30(25)51-29)18-19-41(26)11/h12,14,16,21,23,26,30,47H,13,15,17-20H2,1-11H3,(H,40,45)/t21?,23?,26-,30+,38+,39-/m1/s1. The number of carbonyl (C=O) groups excluding carboxylic acids is 5. The van der Waals surface area contributed by atoms with Crippen molar-refractivity contribution in [1.82, 2.24) is 10.2 Å². The van der Waals surface area contributed by atoms with Gasteiger partial charge in [-0.3, -0.25) is 4.79 Å².